The largest absolute Gasteiger partial charge is 0.338 e. The van der Waals surface area contributed by atoms with Gasteiger partial charge in [-0.05, 0) is 24.8 Å². The Kier molecular flexibility index (Phi) is 4.42. The van der Waals surface area contributed by atoms with Crippen LogP contribution in [0.25, 0.3) is 0 Å². The monoisotopic (exact) mass is 340 g/mol. The molecule has 2 unspecified atom stereocenters. The zero-order valence-corrected chi connectivity index (χ0v) is 13.1. The molecule has 20 heavy (non-hydrogen) atoms. The molecule has 2 rings (SSSR count). The van der Waals surface area contributed by atoms with Gasteiger partial charge in [-0.1, -0.05) is 28.9 Å². The smallest absolute Gasteiger partial charge is 0.270 e. The quantitative estimate of drug-likeness (QED) is 0.472. The minimum absolute atomic E-state index is 0.0395. The highest BCUT2D eigenvalue weighted by atomic mass is 79.9. The molecule has 1 aliphatic heterocycles. The van der Waals surface area contributed by atoms with E-state index < -0.39 is 4.92 Å². The van der Waals surface area contributed by atoms with Gasteiger partial charge < -0.3 is 4.90 Å². The zero-order valence-electron chi connectivity index (χ0n) is 11.5. The standard InChI is InChI=1S/C14H17BrN2O3/c1-9-3-4-11(17(19)20)7-12(9)14(18)16-6-5-13(15)10(2)8-16/h3-4,7,10,13H,5-6,8H2,1-2H3. The van der Waals surface area contributed by atoms with Crippen molar-refractivity contribution in [2.45, 2.75) is 25.1 Å². The Bertz CT molecular complexity index is 547. The summed E-state index contributed by atoms with van der Waals surface area (Å²) in [6, 6.07) is 4.44. The minimum atomic E-state index is -0.469. The first-order chi connectivity index (χ1) is 9.40. The number of hydrogen-bond donors (Lipinski definition) is 0. The van der Waals surface area contributed by atoms with Crippen LogP contribution in [0.4, 0.5) is 5.69 Å². The summed E-state index contributed by atoms with van der Waals surface area (Å²) in [5, 5.41) is 10.8. The Balaban J connectivity index is 2.25. The van der Waals surface area contributed by atoms with Gasteiger partial charge in [-0.25, -0.2) is 0 Å². The normalized spacial score (nSPS) is 22.6. The van der Waals surface area contributed by atoms with Crippen molar-refractivity contribution in [3.05, 3.63) is 39.4 Å². The van der Waals surface area contributed by atoms with E-state index in [9.17, 15) is 14.9 Å². The molecule has 1 fully saturated rings. The Labute approximate surface area is 126 Å². The van der Waals surface area contributed by atoms with Gasteiger partial charge in [-0.3, -0.25) is 14.9 Å². The molecule has 0 spiro atoms. The lowest BCUT2D eigenvalue weighted by Crippen LogP contribution is -2.43. The molecule has 1 amide bonds. The van der Waals surface area contributed by atoms with Crippen LogP contribution >= 0.6 is 15.9 Å². The number of piperidine rings is 1. The molecule has 0 aliphatic carbocycles. The van der Waals surface area contributed by atoms with Crippen molar-refractivity contribution in [2.75, 3.05) is 13.1 Å². The number of alkyl halides is 1. The molecule has 0 N–H and O–H groups in total. The van der Waals surface area contributed by atoms with Crippen LogP contribution in [0.2, 0.25) is 0 Å². The molecule has 1 saturated heterocycles. The van der Waals surface area contributed by atoms with Crippen LogP contribution in [0.3, 0.4) is 0 Å². The zero-order chi connectivity index (χ0) is 14.9. The highest BCUT2D eigenvalue weighted by Gasteiger charge is 2.28. The number of halogens is 1. The van der Waals surface area contributed by atoms with E-state index in [0.29, 0.717) is 29.4 Å². The number of nitrogens with zero attached hydrogens (tertiary/aromatic N) is 2. The summed E-state index contributed by atoms with van der Waals surface area (Å²) in [5.74, 6) is 0.268. The second-order valence-electron chi connectivity index (χ2n) is 5.29. The molecule has 2 atom stereocenters. The van der Waals surface area contributed by atoms with E-state index in [4.69, 9.17) is 0 Å². The number of likely N-dealkylation sites (tertiary alicyclic amines) is 1. The molecule has 1 aromatic rings. The number of benzene rings is 1. The van der Waals surface area contributed by atoms with E-state index in [2.05, 4.69) is 22.9 Å². The average Bonchev–Trinajstić information content (AvgIpc) is 2.41. The van der Waals surface area contributed by atoms with Gasteiger partial charge in [0.25, 0.3) is 11.6 Å². The molecule has 1 heterocycles. The first-order valence-electron chi connectivity index (χ1n) is 6.58. The topological polar surface area (TPSA) is 63.5 Å². The molecule has 108 valence electrons. The van der Waals surface area contributed by atoms with Crippen LogP contribution < -0.4 is 0 Å². The second-order valence-corrected chi connectivity index (χ2v) is 6.47. The van der Waals surface area contributed by atoms with Crippen molar-refractivity contribution in [3.8, 4) is 0 Å². The van der Waals surface area contributed by atoms with Gasteiger partial charge in [0.2, 0.25) is 0 Å². The summed E-state index contributed by atoms with van der Waals surface area (Å²) >= 11 is 3.60. The average molecular weight is 341 g/mol. The number of non-ortho nitro benzene ring substituents is 1. The Morgan fingerprint density at radius 1 is 1.50 bits per heavy atom. The molecule has 5 nitrogen and oxygen atoms in total. The summed E-state index contributed by atoms with van der Waals surface area (Å²) < 4.78 is 0. The third kappa shape index (κ3) is 3.00. The summed E-state index contributed by atoms with van der Waals surface area (Å²) in [4.78, 5) is 25.1. The first-order valence-corrected chi connectivity index (χ1v) is 7.50. The summed E-state index contributed by atoms with van der Waals surface area (Å²) in [6.45, 7) is 5.26. The first kappa shape index (κ1) is 15.0. The molecule has 0 saturated carbocycles. The Morgan fingerprint density at radius 3 is 2.80 bits per heavy atom. The number of amides is 1. The molecular formula is C14H17BrN2O3. The van der Waals surface area contributed by atoms with Crippen molar-refractivity contribution >= 4 is 27.5 Å². The van der Waals surface area contributed by atoms with Crippen molar-refractivity contribution in [1.82, 2.24) is 4.90 Å². The Hall–Kier alpha value is -1.43. The van der Waals surface area contributed by atoms with E-state index in [1.807, 2.05) is 0 Å². The number of hydrogen-bond acceptors (Lipinski definition) is 3. The second kappa shape index (κ2) is 5.91. The lowest BCUT2D eigenvalue weighted by Gasteiger charge is -2.34. The third-order valence-electron chi connectivity index (χ3n) is 3.75. The molecule has 0 aromatic heterocycles. The third-order valence-corrected chi connectivity index (χ3v) is 5.11. The lowest BCUT2D eigenvalue weighted by atomic mass is 9.98. The predicted octanol–water partition coefficient (Wildman–Crippen LogP) is 3.15. The van der Waals surface area contributed by atoms with Gasteiger partial charge in [0.15, 0.2) is 0 Å². The molecule has 1 aromatic carbocycles. The number of carbonyl (C=O) groups is 1. The van der Waals surface area contributed by atoms with Crippen molar-refractivity contribution < 1.29 is 9.72 Å². The van der Waals surface area contributed by atoms with Crippen LogP contribution in [0.15, 0.2) is 18.2 Å². The van der Waals surface area contributed by atoms with Crippen LogP contribution in [0, 0.1) is 23.0 Å². The number of rotatable bonds is 2. The van der Waals surface area contributed by atoms with Crippen molar-refractivity contribution in [2.24, 2.45) is 5.92 Å². The van der Waals surface area contributed by atoms with E-state index in [1.165, 1.54) is 12.1 Å². The summed E-state index contributed by atoms with van der Waals surface area (Å²) in [6.07, 6.45) is 0.904. The highest BCUT2D eigenvalue weighted by molar-refractivity contribution is 9.09. The van der Waals surface area contributed by atoms with Crippen molar-refractivity contribution in [3.63, 3.8) is 0 Å². The Morgan fingerprint density at radius 2 is 2.20 bits per heavy atom. The van der Waals surface area contributed by atoms with Gasteiger partial charge in [0.1, 0.15) is 0 Å². The lowest BCUT2D eigenvalue weighted by molar-refractivity contribution is -0.384. The van der Waals surface area contributed by atoms with Gasteiger partial charge in [-0.2, -0.15) is 0 Å². The van der Waals surface area contributed by atoms with Gasteiger partial charge in [0.05, 0.1) is 4.92 Å². The fourth-order valence-corrected chi connectivity index (χ4v) is 2.80. The van der Waals surface area contributed by atoms with Gasteiger partial charge >= 0.3 is 0 Å². The van der Waals surface area contributed by atoms with Gasteiger partial charge in [0, 0.05) is 35.6 Å². The predicted molar refractivity (Wildman–Crippen MR) is 80.2 cm³/mol. The molecule has 0 bridgehead atoms. The number of aryl methyl sites for hydroxylation is 1. The van der Waals surface area contributed by atoms with Gasteiger partial charge in [-0.15, -0.1) is 0 Å². The SMILES string of the molecule is Cc1ccc([N+](=O)[O-])cc1C(=O)N1CCC(Br)C(C)C1. The summed E-state index contributed by atoms with van der Waals surface area (Å²) in [5.41, 5.74) is 1.16. The molecule has 0 radical (unpaired) electrons. The number of carbonyl (C=O) groups excluding carboxylic acids is 1. The fraction of sp³-hybridized carbons (Fsp3) is 0.500. The van der Waals surface area contributed by atoms with Crippen LogP contribution in [0.1, 0.15) is 29.3 Å². The van der Waals surface area contributed by atoms with Crippen LogP contribution in [-0.2, 0) is 0 Å². The van der Waals surface area contributed by atoms with Crippen LogP contribution in [-0.4, -0.2) is 33.6 Å². The van der Waals surface area contributed by atoms with E-state index >= 15 is 0 Å². The van der Waals surface area contributed by atoms with Crippen molar-refractivity contribution in [1.29, 1.82) is 0 Å². The maximum absolute atomic E-state index is 12.5. The van der Waals surface area contributed by atoms with Crippen LogP contribution in [0.5, 0.6) is 0 Å². The van der Waals surface area contributed by atoms with E-state index in [1.54, 1.807) is 17.9 Å². The van der Waals surface area contributed by atoms with E-state index in [-0.39, 0.29) is 11.6 Å². The number of nitro groups is 1. The van der Waals surface area contributed by atoms with E-state index in [0.717, 1.165) is 12.0 Å². The fourth-order valence-electron chi connectivity index (χ4n) is 2.43. The maximum atomic E-state index is 12.5. The molecule has 6 heteroatoms. The maximum Gasteiger partial charge on any atom is 0.270 e. The summed E-state index contributed by atoms with van der Waals surface area (Å²) in [7, 11) is 0. The highest BCUT2D eigenvalue weighted by Crippen LogP contribution is 2.26. The number of nitro benzene ring substituents is 1. The molecule has 1 aliphatic rings. The minimum Gasteiger partial charge on any atom is -0.338 e. The molecular weight excluding hydrogens is 324 g/mol.